The van der Waals surface area contributed by atoms with Crippen molar-refractivity contribution in [3.63, 3.8) is 0 Å². The smallest absolute Gasteiger partial charge is 0.0243 e. The third-order valence-corrected chi connectivity index (χ3v) is 4.47. The zero-order valence-corrected chi connectivity index (χ0v) is 11.5. The van der Waals surface area contributed by atoms with E-state index in [1.54, 1.807) is 0 Å². The largest absolute Gasteiger partial charge is 0.328 e. The Morgan fingerprint density at radius 1 is 1.24 bits per heavy atom. The second-order valence-electron chi connectivity index (χ2n) is 6.23. The lowest BCUT2D eigenvalue weighted by atomic mass is 10.0. The fourth-order valence-electron chi connectivity index (χ4n) is 3.35. The van der Waals surface area contributed by atoms with Gasteiger partial charge in [-0.25, -0.2) is 0 Å². The Kier molecular flexibility index (Phi) is 4.83. The lowest BCUT2D eigenvalue weighted by molar-refractivity contribution is 0.182. The van der Waals surface area contributed by atoms with E-state index >= 15 is 0 Å². The van der Waals surface area contributed by atoms with Crippen LogP contribution in [0.25, 0.3) is 0 Å². The van der Waals surface area contributed by atoms with Crippen LogP contribution in [-0.2, 0) is 0 Å². The van der Waals surface area contributed by atoms with Crippen molar-refractivity contribution >= 4 is 0 Å². The van der Waals surface area contributed by atoms with Crippen molar-refractivity contribution < 1.29 is 0 Å². The molecule has 0 amide bonds. The van der Waals surface area contributed by atoms with E-state index < -0.39 is 0 Å². The molecule has 100 valence electrons. The molecule has 17 heavy (non-hydrogen) atoms. The van der Waals surface area contributed by atoms with Gasteiger partial charge in [0.25, 0.3) is 0 Å². The summed E-state index contributed by atoms with van der Waals surface area (Å²) in [6, 6.07) is 1.83. The summed E-state index contributed by atoms with van der Waals surface area (Å²) in [6.45, 7) is 8.45. The highest BCUT2D eigenvalue weighted by molar-refractivity contribution is 4.86. The molecule has 2 fully saturated rings. The molecule has 3 unspecified atom stereocenters. The molecule has 3 heteroatoms. The highest BCUT2D eigenvalue weighted by Gasteiger charge is 2.27. The molecule has 0 radical (unpaired) electrons. The van der Waals surface area contributed by atoms with Gasteiger partial charge in [-0.2, -0.15) is 0 Å². The van der Waals surface area contributed by atoms with Crippen LogP contribution in [0.15, 0.2) is 0 Å². The first kappa shape index (κ1) is 13.3. The fourth-order valence-corrected chi connectivity index (χ4v) is 3.35. The molecule has 1 saturated carbocycles. The van der Waals surface area contributed by atoms with Crippen LogP contribution < -0.4 is 11.1 Å². The summed E-state index contributed by atoms with van der Waals surface area (Å²) in [5.41, 5.74) is 5.96. The predicted octanol–water partition coefficient (Wildman–Crippen LogP) is 1.58. The van der Waals surface area contributed by atoms with Crippen LogP contribution >= 0.6 is 0 Å². The first-order valence-electron chi connectivity index (χ1n) is 7.40. The van der Waals surface area contributed by atoms with E-state index in [9.17, 15) is 0 Å². The van der Waals surface area contributed by atoms with Crippen molar-refractivity contribution in [2.24, 2.45) is 11.7 Å². The maximum Gasteiger partial charge on any atom is 0.0243 e. The number of likely N-dealkylation sites (tertiary alicyclic amines) is 1. The normalized spacial score (nSPS) is 32.5. The SMILES string of the molecule is CC(C)C(CNC1CCC(N)C1)N1CCCC1. The van der Waals surface area contributed by atoms with Gasteiger partial charge < -0.3 is 11.1 Å². The summed E-state index contributed by atoms with van der Waals surface area (Å²) < 4.78 is 0. The number of nitrogens with zero attached hydrogens (tertiary/aromatic N) is 1. The molecular weight excluding hydrogens is 210 g/mol. The Balaban J connectivity index is 1.77. The lowest BCUT2D eigenvalue weighted by Gasteiger charge is -2.32. The van der Waals surface area contributed by atoms with Gasteiger partial charge in [0.1, 0.15) is 0 Å². The van der Waals surface area contributed by atoms with E-state index in [1.807, 2.05) is 0 Å². The molecule has 0 spiro atoms. The molecule has 0 aromatic heterocycles. The van der Waals surface area contributed by atoms with Crippen molar-refractivity contribution in [1.29, 1.82) is 0 Å². The number of rotatable bonds is 5. The monoisotopic (exact) mass is 239 g/mol. The van der Waals surface area contributed by atoms with Crippen molar-refractivity contribution in [2.45, 2.75) is 64.1 Å². The van der Waals surface area contributed by atoms with Gasteiger partial charge in [-0.05, 0) is 51.1 Å². The fraction of sp³-hybridized carbons (Fsp3) is 1.00. The second kappa shape index (κ2) is 6.17. The molecule has 1 aliphatic heterocycles. The molecule has 0 aromatic carbocycles. The molecule has 3 nitrogen and oxygen atoms in total. The van der Waals surface area contributed by atoms with Crippen LogP contribution in [0.2, 0.25) is 0 Å². The van der Waals surface area contributed by atoms with Crippen molar-refractivity contribution in [3.8, 4) is 0 Å². The third kappa shape index (κ3) is 3.67. The summed E-state index contributed by atoms with van der Waals surface area (Å²) >= 11 is 0. The van der Waals surface area contributed by atoms with Crippen LogP contribution in [0.1, 0.15) is 46.0 Å². The highest BCUT2D eigenvalue weighted by Crippen LogP contribution is 2.20. The highest BCUT2D eigenvalue weighted by atomic mass is 15.2. The first-order valence-corrected chi connectivity index (χ1v) is 7.40. The minimum Gasteiger partial charge on any atom is -0.328 e. The maximum absolute atomic E-state index is 5.96. The molecule has 2 rings (SSSR count). The Morgan fingerprint density at radius 3 is 2.47 bits per heavy atom. The quantitative estimate of drug-likeness (QED) is 0.765. The molecule has 0 aromatic rings. The summed E-state index contributed by atoms with van der Waals surface area (Å²) in [5.74, 6) is 0.746. The maximum atomic E-state index is 5.96. The number of nitrogens with one attached hydrogen (secondary N) is 1. The molecule has 2 aliphatic rings. The number of hydrogen-bond acceptors (Lipinski definition) is 3. The summed E-state index contributed by atoms with van der Waals surface area (Å²) in [6.07, 6.45) is 6.42. The summed E-state index contributed by atoms with van der Waals surface area (Å²) in [4.78, 5) is 2.67. The average Bonchev–Trinajstić information content (AvgIpc) is 2.90. The van der Waals surface area contributed by atoms with Crippen molar-refractivity contribution in [3.05, 3.63) is 0 Å². The minimum absolute atomic E-state index is 0.441. The van der Waals surface area contributed by atoms with Crippen LogP contribution in [0.3, 0.4) is 0 Å². The summed E-state index contributed by atoms with van der Waals surface area (Å²) in [5, 5.41) is 3.75. The van der Waals surface area contributed by atoms with E-state index in [0.29, 0.717) is 18.1 Å². The van der Waals surface area contributed by atoms with Crippen molar-refractivity contribution in [1.82, 2.24) is 10.2 Å². The molecule has 1 heterocycles. The molecule has 0 bridgehead atoms. The molecule has 1 aliphatic carbocycles. The molecule has 3 atom stereocenters. The average molecular weight is 239 g/mol. The Labute approximate surface area is 106 Å². The Morgan fingerprint density at radius 2 is 1.94 bits per heavy atom. The lowest BCUT2D eigenvalue weighted by Crippen LogP contribution is -2.46. The molecule has 3 N–H and O–H groups in total. The van der Waals surface area contributed by atoms with Gasteiger partial charge >= 0.3 is 0 Å². The van der Waals surface area contributed by atoms with Gasteiger partial charge in [0.05, 0.1) is 0 Å². The minimum atomic E-state index is 0.441. The topological polar surface area (TPSA) is 41.3 Å². The Bertz CT molecular complexity index is 224. The van der Waals surface area contributed by atoms with Gasteiger partial charge in [0.2, 0.25) is 0 Å². The standard InChI is InChI=1S/C14H29N3/c1-11(2)14(17-7-3-4-8-17)10-16-13-6-5-12(15)9-13/h11-14,16H,3-10,15H2,1-2H3. The molecule has 1 saturated heterocycles. The van der Waals surface area contributed by atoms with E-state index in [2.05, 4.69) is 24.1 Å². The summed E-state index contributed by atoms with van der Waals surface area (Å²) in [7, 11) is 0. The van der Waals surface area contributed by atoms with Crippen LogP contribution in [-0.4, -0.2) is 42.7 Å². The number of nitrogens with two attached hydrogens (primary N) is 1. The second-order valence-corrected chi connectivity index (χ2v) is 6.23. The van der Waals surface area contributed by atoms with Crippen LogP contribution in [0.4, 0.5) is 0 Å². The van der Waals surface area contributed by atoms with E-state index in [4.69, 9.17) is 5.73 Å². The van der Waals surface area contributed by atoms with E-state index in [-0.39, 0.29) is 0 Å². The predicted molar refractivity (Wildman–Crippen MR) is 73.1 cm³/mol. The van der Waals surface area contributed by atoms with E-state index in [0.717, 1.165) is 12.5 Å². The molecular formula is C14H29N3. The Hall–Kier alpha value is -0.120. The van der Waals surface area contributed by atoms with Crippen molar-refractivity contribution in [2.75, 3.05) is 19.6 Å². The van der Waals surface area contributed by atoms with Crippen LogP contribution in [0, 0.1) is 5.92 Å². The van der Waals surface area contributed by atoms with Gasteiger partial charge in [-0.3, -0.25) is 4.90 Å². The van der Waals surface area contributed by atoms with Gasteiger partial charge in [-0.1, -0.05) is 13.8 Å². The van der Waals surface area contributed by atoms with Gasteiger partial charge in [0.15, 0.2) is 0 Å². The van der Waals surface area contributed by atoms with E-state index in [1.165, 1.54) is 45.2 Å². The van der Waals surface area contributed by atoms with Crippen LogP contribution in [0.5, 0.6) is 0 Å². The zero-order valence-electron chi connectivity index (χ0n) is 11.5. The van der Waals surface area contributed by atoms with Gasteiger partial charge in [0, 0.05) is 24.7 Å². The third-order valence-electron chi connectivity index (χ3n) is 4.47. The van der Waals surface area contributed by atoms with Gasteiger partial charge in [-0.15, -0.1) is 0 Å². The first-order chi connectivity index (χ1) is 8.16. The zero-order chi connectivity index (χ0) is 12.3. The number of hydrogen-bond donors (Lipinski definition) is 2.